The average Bonchev–Trinajstić information content (AvgIpc) is 3.12. The Morgan fingerprint density at radius 1 is 1.08 bits per heavy atom. The van der Waals surface area contributed by atoms with Crippen molar-refractivity contribution in [1.29, 1.82) is 0 Å². The molecule has 0 saturated carbocycles. The molecule has 25 heavy (non-hydrogen) atoms. The van der Waals surface area contributed by atoms with Crippen molar-refractivity contribution in [1.82, 2.24) is 20.3 Å². The second kappa shape index (κ2) is 7.72. The molecule has 0 radical (unpaired) electrons. The number of hydrogen-bond donors (Lipinski definition) is 2. The smallest absolute Gasteiger partial charge is 0.273 e. The van der Waals surface area contributed by atoms with E-state index in [1.807, 2.05) is 67.6 Å². The third kappa shape index (κ3) is 4.30. The highest BCUT2D eigenvalue weighted by Gasteiger charge is 2.16. The normalized spacial score (nSPS) is 13.2. The maximum Gasteiger partial charge on any atom is 0.273 e. The van der Waals surface area contributed by atoms with Crippen molar-refractivity contribution < 1.29 is 9.90 Å². The van der Waals surface area contributed by atoms with Gasteiger partial charge in [-0.2, -0.15) is 0 Å². The molecular weight excluding hydrogens is 316 g/mol. The lowest BCUT2D eigenvalue weighted by atomic mass is 10.1. The molecule has 6 nitrogen and oxygen atoms in total. The van der Waals surface area contributed by atoms with E-state index in [4.69, 9.17) is 0 Å². The molecule has 0 unspecified atom stereocenters. The van der Waals surface area contributed by atoms with Crippen molar-refractivity contribution in [2.24, 2.45) is 0 Å². The Balaban J connectivity index is 1.62. The second-order valence-electron chi connectivity index (χ2n) is 5.86. The average molecular weight is 336 g/mol. The Bertz CT molecular complexity index is 818. The highest BCUT2D eigenvalue weighted by atomic mass is 16.3. The molecule has 0 fully saturated rings. The van der Waals surface area contributed by atoms with Crippen LogP contribution in [0.15, 0.2) is 66.9 Å². The summed E-state index contributed by atoms with van der Waals surface area (Å²) in [4.78, 5) is 12.3. The molecule has 0 aliphatic heterocycles. The van der Waals surface area contributed by atoms with E-state index in [9.17, 15) is 9.90 Å². The van der Waals surface area contributed by atoms with E-state index in [0.29, 0.717) is 0 Å². The molecule has 6 heteroatoms. The highest BCUT2D eigenvalue weighted by molar-refractivity contribution is 5.92. The fourth-order valence-corrected chi connectivity index (χ4v) is 2.55. The number of carbonyl (C=O) groups excluding carboxylic acids is 1. The van der Waals surface area contributed by atoms with Crippen LogP contribution in [0.25, 0.3) is 0 Å². The zero-order valence-corrected chi connectivity index (χ0v) is 13.9. The van der Waals surface area contributed by atoms with Crippen LogP contribution in [0.1, 0.15) is 40.7 Å². The van der Waals surface area contributed by atoms with E-state index >= 15 is 0 Å². The minimum absolute atomic E-state index is 0.131. The summed E-state index contributed by atoms with van der Waals surface area (Å²) in [7, 11) is 0. The molecule has 3 aromatic rings. The van der Waals surface area contributed by atoms with E-state index in [1.165, 1.54) is 4.68 Å². The molecule has 2 aromatic carbocycles. The fraction of sp³-hybridized carbons (Fsp3) is 0.211. The topological polar surface area (TPSA) is 80.0 Å². The molecule has 3 rings (SSSR count). The number of aliphatic hydroxyl groups excluding tert-OH is 1. The van der Waals surface area contributed by atoms with Gasteiger partial charge >= 0.3 is 0 Å². The third-order valence-electron chi connectivity index (χ3n) is 3.96. The molecule has 1 amide bonds. The molecule has 0 aliphatic carbocycles. The van der Waals surface area contributed by atoms with Crippen molar-refractivity contribution >= 4 is 5.91 Å². The number of rotatable bonds is 6. The third-order valence-corrected chi connectivity index (χ3v) is 3.96. The van der Waals surface area contributed by atoms with Gasteiger partial charge < -0.3 is 10.4 Å². The van der Waals surface area contributed by atoms with Crippen LogP contribution in [0.5, 0.6) is 0 Å². The zero-order valence-electron chi connectivity index (χ0n) is 13.9. The van der Waals surface area contributed by atoms with Gasteiger partial charge in [0.15, 0.2) is 5.69 Å². The van der Waals surface area contributed by atoms with E-state index in [0.717, 1.165) is 11.1 Å². The van der Waals surface area contributed by atoms with E-state index in [2.05, 4.69) is 15.6 Å². The van der Waals surface area contributed by atoms with Crippen molar-refractivity contribution in [3.8, 4) is 0 Å². The Labute approximate surface area is 146 Å². The predicted octanol–water partition coefficient (Wildman–Crippen LogP) is 2.50. The lowest BCUT2D eigenvalue weighted by Gasteiger charge is -2.13. The first-order valence-corrected chi connectivity index (χ1v) is 8.12. The number of aliphatic hydroxyl groups is 1. The predicted molar refractivity (Wildman–Crippen MR) is 93.7 cm³/mol. The van der Waals surface area contributed by atoms with Gasteiger partial charge in [-0.15, -0.1) is 5.10 Å². The zero-order chi connectivity index (χ0) is 17.6. The number of amides is 1. The number of nitrogens with zero attached hydrogens (tertiary/aromatic N) is 3. The van der Waals surface area contributed by atoms with E-state index in [-0.39, 0.29) is 24.2 Å². The van der Waals surface area contributed by atoms with Gasteiger partial charge in [-0.3, -0.25) is 4.79 Å². The summed E-state index contributed by atoms with van der Waals surface area (Å²) in [6.45, 7) is 2.15. The molecule has 1 heterocycles. The molecule has 2 N–H and O–H groups in total. The summed E-state index contributed by atoms with van der Waals surface area (Å²) in [5.41, 5.74) is 2.03. The monoisotopic (exact) mass is 336 g/mol. The number of nitrogens with one attached hydrogen (secondary N) is 1. The SMILES string of the molecule is C[C@H](NC(=O)c1cn(C[C@H](O)c2ccccc2)nn1)c1ccccc1. The maximum absolute atomic E-state index is 12.3. The molecule has 2 atom stereocenters. The lowest BCUT2D eigenvalue weighted by Crippen LogP contribution is -2.26. The van der Waals surface area contributed by atoms with Gasteiger partial charge in [0.2, 0.25) is 0 Å². The largest absolute Gasteiger partial charge is 0.386 e. The van der Waals surface area contributed by atoms with Crippen molar-refractivity contribution in [2.75, 3.05) is 0 Å². The van der Waals surface area contributed by atoms with Gasteiger partial charge in [0.05, 0.1) is 24.9 Å². The first-order valence-electron chi connectivity index (χ1n) is 8.12. The molecule has 0 spiro atoms. The van der Waals surface area contributed by atoms with Gasteiger partial charge in [0, 0.05) is 0 Å². The number of carbonyl (C=O) groups is 1. The quantitative estimate of drug-likeness (QED) is 0.725. The van der Waals surface area contributed by atoms with Gasteiger partial charge in [0.25, 0.3) is 5.91 Å². The Kier molecular flexibility index (Phi) is 5.20. The molecule has 128 valence electrons. The number of aromatic nitrogens is 3. The number of hydrogen-bond acceptors (Lipinski definition) is 4. The molecule has 0 bridgehead atoms. The van der Waals surface area contributed by atoms with Crippen LogP contribution in [0, 0.1) is 0 Å². The summed E-state index contributed by atoms with van der Waals surface area (Å²) in [6, 6.07) is 18.9. The summed E-state index contributed by atoms with van der Waals surface area (Å²) in [6.07, 6.45) is 0.834. The standard InChI is InChI=1S/C19H20N4O2/c1-14(15-8-4-2-5-9-15)20-19(25)17-12-23(22-21-17)13-18(24)16-10-6-3-7-11-16/h2-12,14,18,24H,13H2,1H3,(H,20,25)/t14-,18-/m0/s1. The highest BCUT2D eigenvalue weighted by Crippen LogP contribution is 2.15. The van der Waals surface area contributed by atoms with E-state index < -0.39 is 6.10 Å². The van der Waals surface area contributed by atoms with E-state index in [1.54, 1.807) is 6.20 Å². The Hall–Kier alpha value is -2.99. The lowest BCUT2D eigenvalue weighted by molar-refractivity contribution is 0.0934. The number of benzene rings is 2. The molecule has 0 aliphatic rings. The summed E-state index contributed by atoms with van der Waals surface area (Å²) < 4.78 is 1.47. The van der Waals surface area contributed by atoms with Crippen LogP contribution in [0.3, 0.4) is 0 Å². The molecule has 0 saturated heterocycles. The summed E-state index contributed by atoms with van der Waals surface area (Å²) in [5, 5.41) is 20.9. The summed E-state index contributed by atoms with van der Waals surface area (Å²) in [5.74, 6) is -0.295. The van der Waals surface area contributed by atoms with Crippen molar-refractivity contribution in [3.05, 3.63) is 83.7 Å². The Morgan fingerprint density at radius 3 is 2.32 bits per heavy atom. The van der Waals surface area contributed by atoms with Gasteiger partial charge in [-0.05, 0) is 18.1 Å². The maximum atomic E-state index is 12.3. The minimum atomic E-state index is -0.706. The van der Waals surface area contributed by atoms with Gasteiger partial charge in [0.1, 0.15) is 0 Å². The van der Waals surface area contributed by atoms with Crippen LogP contribution < -0.4 is 5.32 Å². The molecule has 1 aromatic heterocycles. The first kappa shape index (κ1) is 16.9. The van der Waals surface area contributed by atoms with Crippen molar-refractivity contribution in [2.45, 2.75) is 25.6 Å². The molecular formula is C19H20N4O2. The van der Waals surface area contributed by atoms with Crippen LogP contribution >= 0.6 is 0 Å². The summed E-state index contributed by atoms with van der Waals surface area (Å²) >= 11 is 0. The van der Waals surface area contributed by atoms with Gasteiger partial charge in [-0.25, -0.2) is 4.68 Å². The minimum Gasteiger partial charge on any atom is -0.386 e. The first-order chi connectivity index (χ1) is 12.1. The van der Waals surface area contributed by atoms with Crippen molar-refractivity contribution in [3.63, 3.8) is 0 Å². The van der Waals surface area contributed by atoms with Crippen LogP contribution in [0.2, 0.25) is 0 Å². The van der Waals surface area contributed by atoms with Crippen LogP contribution in [-0.4, -0.2) is 26.0 Å². The fourth-order valence-electron chi connectivity index (χ4n) is 2.55. The second-order valence-corrected chi connectivity index (χ2v) is 5.86. The van der Waals surface area contributed by atoms with Crippen LogP contribution in [-0.2, 0) is 6.54 Å². The Morgan fingerprint density at radius 2 is 1.68 bits per heavy atom. The van der Waals surface area contributed by atoms with Crippen LogP contribution in [0.4, 0.5) is 0 Å². The van der Waals surface area contributed by atoms with Gasteiger partial charge in [-0.1, -0.05) is 65.9 Å².